The number of nitrogens with zero attached hydrogens (tertiary/aromatic N) is 7. The standard InChI is InChI=1S/C25H28ClN9S/c26-19-13-17(30-25-31-24(27)35(32-25)22-18-5-10-36-23(18)29-14-28-22)3-4-20(19)33-6-8-34(9-7-33)21-12-15-1-2-16(21)11-15/h3-5,10,13-16,21H,1-2,6-9,11-12H2,(H3,27,30,31,32)/t15-,16+,21+/m1/s1. The van der Waals surface area contributed by atoms with Crippen molar-refractivity contribution < 1.29 is 0 Å². The predicted molar refractivity (Wildman–Crippen MR) is 145 cm³/mol. The van der Waals surface area contributed by atoms with Gasteiger partial charge >= 0.3 is 0 Å². The highest BCUT2D eigenvalue weighted by atomic mass is 35.5. The fourth-order valence-corrected chi connectivity index (χ4v) is 7.43. The van der Waals surface area contributed by atoms with Crippen molar-refractivity contribution in [2.24, 2.45) is 11.8 Å². The molecule has 1 aromatic carbocycles. The lowest BCUT2D eigenvalue weighted by Gasteiger charge is -2.42. The van der Waals surface area contributed by atoms with Gasteiger partial charge < -0.3 is 16.0 Å². The van der Waals surface area contributed by atoms with Crippen molar-refractivity contribution in [2.45, 2.75) is 31.7 Å². The highest BCUT2D eigenvalue weighted by Gasteiger charge is 2.42. The van der Waals surface area contributed by atoms with Crippen molar-refractivity contribution in [1.82, 2.24) is 29.6 Å². The number of anilines is 4. The minimum absolute atomic E-state index is 0.250. The van der Waals surface area contributed by atoms with Crippen LogP contribution in [-0.4, -0.2) is 61.9 Å². The summed E-state index contributed by atoms with van der Waals surface area (Å²) in [6.45, 7) is 4.26. The smallest absolute Gasteiger partial charge is 0.248 e. The molecule has 1 aliphatic heterocycles. The summed E-state index contributed by atoms with van der Waals surface area (Å²) in [6.07, 6.45) is 7.28. The number of benzene rings is 1. The van der Waals surface area contributed by atoms with Gasteiger partial charge in [-0.15, -0.1) is 16.4 Å². The fourth-order valence-electron chi connectivity index (χ4n) is 6.40. The van der Waals surface area contributed by atoms with E-state index in [1.54, 1.807) is 11.3 Å². The van der Waals surface area contributed by atoms with Crippen LogP contribution in [0.4, 0.5) is 23.3 Å². The fraction of sp³-hybridized carbons (Fsp3) is 0.440. The third-order valence-electron chi connectivity index (χ3n) is 8.10. The van der Waals surface area contributed by atoms with E-state index in [0.717, 1.165) is 70.7 Å². The van der Waals surface area contributed by atoms with Crippen LogP contribution in [0.2, 0.25) is 5.02 Å². The number of aromatic nitrogens is 5. The summed E-state index contributed by atoms with van der Waals surface area (Å²) >= 11 is 8.29. The van der Waals surface area contributed by atoms with Crippen LogP contribution in [0.3, 0.4) is 0 Å². The van der Waals surface area contributed by atoms with E-state index in [1.165, 1.54) is 36.7 Å². The van der Waals surface area contributed by atoms with Crippen LogP contribution >= 0.6 is 22.9 Å². The van der Waals surface area contributed by atoms with E-state index in [4.69, 9.17) is 17.3 Å². The van der Waals surface area contributed by atoms with Gasteiger partial charge in [-0.05, 0) is 60.7 Å². The normalized spacial score (nSPS) is 24.1. The third kappa shape index (κ3) is 3.88. The molecule has 2 bridgehead atoms. The summed E-state index contributed by atoms with van der Waals surface area (Å²) in [5.74, 6) is 3.17. The monoisotopic (exact) mass is 521 g/mol. The predicted octanol–water partition coefficient (Wildman–Crippen LogP) is 4.56. The summed E-state index contributed by atoms with van der Waals surface area (Å²) in [5.41, 5.74) is 8.06. The molecule has 2 saturated carbocycles. The molecule has 0 spiro atoms. The molecule has 3 atom stereocenters. The average molecular weight is 522 g/mol. The Morgan fingerprint density at radius 1 is 1.06 bits per heavy atom. The van der Waals surface area contributed by atoms with Crippen LogP contribution in [0.25, 0.3) is 16.0 Å². The first-order valence-corrected chi connectivity index (χ1v) is 13.8. The van der Waals surface area contributed by atoms with Crippen molar-refractivity contribution in [2.75, 3.05) is 42.1 Å². The molecule has 4 aromatic rings. The largest absolute Gasteiger partial charge is 0.368 e. The second-order valence-corrected chi connectivity index (χ2v) is 11.4. The van der Waals surface area contributed by atoms with Crippen LogP contribution in [0.1, 0.15) is 25.7 Å². The summed E-state index contributed by atoms with van der Waals surface area (Å²) < 4.78 is 1.53. The van der Waals surface area contributed by atoms with Crippen LogP contribution in [-0.2, 0) is 0 Å². The Bertz CT molecular complexity index is 1410. The summed E-state index contributed by atoms with van der Waals surface area (Å²) in [5, 5.41) is 11.3. The van der Waals surface area contributed by atoms with Crippen molar-refractivity contribution in [3.63, 3.8) is 0 Å². The Balaban J connectivity index is 1.04. The molecule has 11 heteroatoms. The quantitative estimate of drug-likeness (QED) is 0.394. The zero-order valence-electron chi connectivity index (χ0n) is 19.8. The third-order valence-corrected chi connectivity index (χ3v) is 9.23. The topological polar surface area (TPSA) is 101 Å². The second-order valence-electron chi connectivity index (χ2n) is 10.1. The molecule has 7 rings (SSSR count). The van der Waals surface area contributed by atoms with E-state index in [1.807, 2.05) is 23.6 Å². The van der Waals surface area contributed by atoms with Gasteiger partial charge in [-0.1, -0.05) is 18.0 Å². The molecule has 3 aliphatic rings. The van der Waals surface area contributed by atoms with Gasteiger partial charge in [0.25, 0.3) is 0 Å². The number of thiophene rings is 1. The van der Waals surface area contributed by atoms with Gasteiger partial charge in [0.2, 0.25) is 11.9 Å². The molecule has 3 aromatic heterocycles. The van der Waals surface area contributed by atoms with E-state index >= 15 is 0 Å². The molecule has 4 heterocycles. The molecule has 1 saturated heterocycles. The number of nitrogen functional groups attached to an aromatic ring is 1. The summed E-state index contributed by atoms with van der Waals surface area (Å²) in [6, 6.07) is 8.79. The van der Waals surface area contributed by atoms with Gasteiger partial charge in [0.15, 0.2) is 5.82 Å². The van der Waals surface area contributed by atoms with E-state index < -0.39 is 0 Å². The van der Waals surface area contributed by atoms with Crippen molar-refractivity contribution in [1.29, 1.82) is 0 Å². The molecular formula is C25H28ClN9S. The zero-order chi connectivity index (χ0) is 24.2. The van der Waals surface area contributed by atoms with Gasteiger partial charge in [-0.3, -0.25) is 4.90 Å². The first kappa shape index (κ1) is 22.3. The number of hydrogen-bond acceptors (Lipinski definition) is 9. The second kappa shape index (κ2) is 8.86. The number of piperazine rings is 1. The molecule has 0 unspecified atom stereocenters. The number of fused-ring (bicyclic) bond motifs is 3. The van der Waals surface area contributed by atoms with Gasteiger partial charge in [0.1, 0.15) is 11.2 Å². The molecule has 2 aliphatic carbocycles. The van der Waals surface area contributed by atoms with Crippen LogP contribution in [0.15, 0.2) is 36.0 Å². The zero-order valence-corrected chi connectivity index (χ0v) is 21.4. The van der Waals surface area contributed by atoms with Gasteiger partial charge in [-0.2, -0.15) is 9.67 Å². The first-order chi connectivity index (χ1) is 17.6. The maximum atomic E-state index is 6.75. The molecular weight excluding hydrogens is 494 g/mol. The molecule has 9 nitrogen and oxygen atoms in total. The highest BCUT2D eigenvalue weighted by Crippen LogP contribution is 2.47. The number of hydrogen-bond donors (Lipinski definition) is 2. The van der Waals surface area contributed by atoms with Gasteiger partial charge in [-0.25, -0.2) is 9.97 Å². The Morgan fingerprint density at radius 2 is 1.94 bits per heavy atom. The lowest BCUT2D eigenvalue weighted by Crippen LogP contribution is -2.51. The molecule has 3 N–H and O–H groups in total. The average Bonchev–Trinajstić information content (AvgIpc) is 3.69. The maximum Gasteiger partial charge on any atom is 0.248 e. The minimum Gasteiger partial charge on any atom is -0.368 e. The lowest BCUT2D eigenvalue weighted by molar-refractivity contribution is 0.135. The van der Waals surface area contributed by atoms with Crippen molar-refractivity contribution >= 4 is 56.4 Å². The summed E-state index contributed by atoms with van der Waals surface area (Å²) in [7, 11) is 0. The molecule has 0 amide bonds. The Morgan fingerprint density at radius 3 is 2.72 bits per heavy atom. The number of nitrogens with two attached hydrogens (primary N) is 1. The SMILES string of the molecule is Nc1nc(Nc2ccc(N3CCN([C@H]4C[C@@H]5CC[C@H]4C5)CC3)c(Cl)c2)nn1-c1ncnc2sccc12. The Kier molecular flexibility index (Phi) is 5.48. The number of halogens is 1. The maximum absolute atomic E-state index is 6.75. The summed E-state index contributed by atoms with van der Waals surface area (Å²) in [4.78, 5) is 19.1. The van der Waals surface area contributed by atoms with E-state index in [2.05, 4.69) is 41.2 Å². The van der Waals surface area contributed by atoms with Crippen LogP contribution in [0, 0.1) is 11.8 Å². The lowest BCUT2D eigenvalue weighted by atomic mass is 9.93. The van der Waals surface area contributed by atoms with Gasteiger partial charge in [0.05, 0.1) is 16.1 Å². The van der Waals surface area contributed by atoms with Crippen molar-refractivity contribution in [3.8, 4) is 5.82 Å². The van der Waals surface area contributed by atoms with E-state index in [0.29, 0.717) is 11.8 Å². The Hall–Kier alpha value is -2.95. The molecule has 36 heavy (non-hydrogen) atoms. The van der Waals surface area contributed by atoms with Gasteiger partial charge in [0, 0.05) is 37.9 Å². The minimum atomic E-state index is 0.250. The number of nitrogens with one attached hydrogen (secondary N) is 1. The molecule has 0 radical (unpaired) electrons. The van der Waals surface area contributed by atoms with Crippen LogP contribution < -0.4 is 16.0 Å². The van der Waals surface area contributed by atoms with E-state index in [-0.39, 0.29) is 5.95 Å². The highest BCUT2D eigenvalue weighted by molar-refractivity contribution is 7.16. The number of rotatable bonds is 5. The first-order valence-electron chi connectivity index (χ1n) is 12.6. The molecule has 186 valence electrons. The Labute approximate surface area is 218 Å². The van der Waals surface area contributed by atoms with Crippen LogP contribution in [0.5, 0.6) is 0 Å². The van der Waals surface area contributed by atoms with Crippen molar-refractivity contribution in [3.05, 3.63) is 41.0 Å². The van der Waals surface area contributed by atoms with E-state index in [9.17, 15) is 0 Å². The molecule has 3 fully saturated rings.